The van der Waals surface area contributed by atoms with E-state index in [1.807, 2.05) is 60.7 Å². The van der Waals surface area contributed by atoms with Crippen molar-refractivity contribution in [1.29, 1.82) is 0 Å². The zero-order chi connectivity index (χ0) is 42.3. The largest absolute Gasteiger partial charge is 0.496 e. The number of carbonyl (C=O) groups excluding carboxylic acids is 4. The average Bonchev–Trinajstić information content (AvgIpc) is 4.06. The van der Waals surface area contributed by atoms with Crippen LogP contribution in [0.2, 0.25) is 0 Å². The Balaban J connectivity index is 1.06. The molecule has 2 aliphatic heterocycles. The lowest BCUT2D eigenvalue weighted by Gasteiger charge is -2.30. The second kappa shape index (κ2) is 16.6. The lowest BCUT2D eigenvalue weighted by atomic mass is 10.0. The highest BCUT2D eigenvalue weighted by atomic mass is 32.2. The molecule has 0 unspecified atom stereocenters. The van der Waals surface area contributed by atoms with Crippen LogP contribution < -0.4 is 24.8 Å². The number of carbonyl (C=O) groups is 4. The summed E-state index contributed by atoms with van der Waals surface area (Å²) in [6.45, 7) is -0.0417. The molecular formula is C44H51N7O9S. The summed E-state index contributed by atoms with van der Waals surface area (Å²) in [4.78, 5) is 63.0. The number of nitrogens with one attached hydrogen (secondary N) is 3. The molecule has 9 rings (SSSR count). The number of fused-ring (bicyclic) bond motifs is 5. The molecule has 16 nitrogen and oxygen atoms in total. The first-order valence-corrected chi connectivity index (χ1v) is 23.0. The summed E-state index contributed by atoms with van der Waals surface area (Å²) >= 11 is 0. The third-order valence-corrected chi connectivity index (χ3v) is 14.4. The van der Waals surface area contributed by atoms with Crippen LogP contribution in [0, 0.1) is 5.92 Å². The van der Waals surface area contributed by atoms with Crippen molar-refractivity contribution in [2.24, 2.45) is 5.92 Å². The van der Waals surface area contributed by atoms with Gasteiger partial charge < -0.3 is 29.7 Å². The van der Waals surface area contributed by atoms with Gasteiger partial charge in [0.1, 0.15) is 35.6 Å². The number of alkyl carbamates (subject to hydrolysis) is 1. The highest BCUT2D eigenvalue weighted by Crippen LogP contribution is 2.46. The lowest BCUT2D eigenvalue weighted by Crippen LogP contribution is -2.58. The molecule has 3 N–H and O–H groups in total. The Kier molecular flexibility index (Phi) is 11.1. The first-order valence-electron chi connectivity index (χ1n) is 21.4. The van der Waals surface area contributed by atoms with Crippen LogP contribution in [0.4, 0.5) is 4.79 Å². The van der Waals surface area contributed by atoms with E-state index in [1.165, 1.54) is 4.90 Å². The summed E-state index contributed by atoms with van der Waals surface area (Å²) in [6, 6.07) is 14.7. The van der Waals surface area contributed by atoms with Crippen molar-refractivity contribution in [3.05, 3.63) is 66.7 Å². The van der Waals surface area contributed by atoms with E-state index in [-0.39, 0.29) is 25.5 Å². The fourth-order valence-electron chi connectivity index (χ4n) is 9.03. The van der Waals surface area contributed by atoms with Crippen molar-refractivity contribution in [3.63, 3.8) is 0 Å². The van der Waals surface area contributed by atoms with Gasteiger partial charge in [0.25, 0.3) is 5.91 Å². The van der Waals surface area contributed by atoms with Gasteiger partial charge in [-0.25, -0.2) is 18.2 Å². The molecule has 61 heavy (non-hydrogen) atoms. The van der Waals surface area contributed by atoms with Crippen LogP contribution in [0.1, 0.15) is 83.5 Å². The minimum Gasteiger partial charge on any atom is -0.496 e. The minimum absolute atomic E-state index is 0.0178. The number of amides is 4. The minimum atomic E-state index is -3.92. The molecule has 17 heteroatoms. The third-order valence-electron chi connectivity index (χ3n) is 12.6. The summed E-state index contributed by atoms with van der Waals surface area (Å²) in [5, 5.41) is 10.7. The van der Waals surface area contributed by atoms with Crippen molar-refractivity contribution >= 4 is 50.4 Å². The average molecular weight is 854 g/mol. The van der Waals surface area contributed by atoms with Crippen molar-refractivity contribution in [2.45, 2.75) is 119 Å². The molecule has 4 fully saturated rings. The molecule has 5 aliphatic rings. The molecule has 1 saturated heterocycles. The molecule has 0 spiro atoms. The van der Waals surface area contributed by atoms with Crippen molar-refractivity contribution < 1.29 is 41.8 Å². The number of rotatable bonds is 9. The number of methoxy groups -OCH3 is 1. The van der Waals surface area contributed by atoms with Gasteiger partial charge >= 0.3 is 6.09 Å². The first-order chi connectivity index (χ1) is 29.5. The molecule has 322 valence electrons. The van der Waals surface area contributed by atoms with E-state index in [0.717, 1.165) is 49.5 Å². The van der Waals surface area contributed by atoms with Gasteiger partial charge in [0.05, 0.1) is 30.1 Å². The zero-order valence-electron chi connectivity index (χ0n) is 34.1. The fourth-order valence-corrected chi connectivity index (χ4v) is 10.4. The first kappa shape index (κ1) is 40.7. The van der Waals surface area contributed by atoms with Crippen molar-refractivity contribution in [3.8, 4) is 22.9 Å². The molecule has 0 bridgehead atoms. The standard InChI is InChI=1S/C44H51N7O9S/c1-58-37-20-12-10-16-31(37)35-24-38(51-39(45-35)32-17-9-11-18-33(32)48-51)59-29-23-36-40(52)47-44(42(54)49-61(56,57)30-21-22-30)25-27(44)13-5-3-2-4-6-19-34(41(53)50(36)26-29)46-43(55)60-28-14-7-8-15-28/h5,9-13,16-18,20,24,27-30,34,36H,2-4,6-8,14-15,19,21-23,25-26H2,1H3,(H,46,55)(H,47,52)(H,49,54)/b13-5-/t27-,29-,34-,36+,44-/m1/s1. The number of hydrogen-bond donors (Lipinski definition) is 3. The Hall–Kier alpha value is -5.71. The second-order valence-corrected chi connectivity index (χ2v) is 18.9. The smallest absolute Gasteiger partial charge is 0.408 e. The van der Waals surface area contributed by atoms with Gasteiger partial charge in [-0.15, -0.1) is 0 Å². The van der Waals surface area contributed by atoms with E-state index >= 15 is 0 Å². The molecule has 4 heterocycles. The highest BCUT2D eigenvalue weighted by Gasteiger charge is 2.62. The molecule has 3 aliphatic carbocycles. The predicted octanol–water partition coefficient (Wildman–Crippen LogP) is 4.95. The number of sulfonamides is 1. The molecule has 3 saturated carbocycles. The topological polar surface area (TPSA) is 200 Å². The monoisotopic (exact) mass is 853 g/mol. The van der Waals surface area contributed by atoms with E-state index in [0.29, 0.717) is 60.6 Å². The van der Waals surface area contributed by atoms with Crippen LogP contribution in [-0.4, -0.2) is 100 Å². The summed E-state index contributed by atoms with van der Waals surface area (Å²) in [7, 11) is -2.33. The molecule has 5 atom stereocenters. The van der Waals surface area contributed by atoms with Gasteiger partial charge in [-0.05, 0) is 88.5 Å². The van der Waals surface area contributed by atoms with Crippen LogP contribution in [-0.2, 0) is 29.1 Å². The number of ether oxygens (including phenoxy) is 3. The quantitative estimate of drug-likeness (QED) is 0.193. The van der Waals surface area contributed by atoms with Gasteiger partial charge in [0, 0.05) is 29.4 Å². The van der Waals surface area contributed by atoms with Gasteiger partial charge in [-0.2, -0.15) is 9.61 Å². The summed E-state index contributed by atoms with van der Waals surface area (Å²) in [6.07, 6.45) is 9.97. The van der Waals surface area contributed by atoms with E-state index in [2.05, 4.69) is 15.4 Å². The van der Waals surface area contributed by atoms with E-state index in [1.54, 1.807) is 17.7 Å². The van der Waals surface area contributed by atoms with Crippen LogP contribution >= 0.6 is 0 Å². The molecule has 4 amide bonds. The molecule has 2 aromatic heterocycles. The number of allylic oxidation sites excluding steroid dienone is 1. The van der Waals surface area contributed by atoms with Crippen LogP contribution in [0.5, 0.6) is 11.6 Å². The Morgan fingerprint density at radius 3 is 2.51 bits per heavy atom. The fraction of sp³-hybridized carbons (Fsp3) is 0.500. The maximum absolute atomic E-state index is 14.8. The molecule has 0 radical (unpaired) electrons. The van der Waals surface area contributed by atoms with Crippen LogP contribution in [0.25, 0.3) is 27.8 Å². The number of benzene rings is 2. The maximum atomic E-state index is 14.8. The summed E-state index contributed by atoms with van der Waals surface area (Å²) in [5.74, 6) is -1.44. The number of nitrogens with zero attached hydrogens (tertiary/aromatic N) is 4. The summed E-state index contributed by atoms with van der Waals surface area (Å²) < 4.78 is 48.0. The van der Waals surface area contributed by atoms with Gasteiger partial charge in [-0.3, -0.25) is 19.1 Å². The highest BCUT2D eigenvalue weighted by molar-refractivity contribution is 7.91. The van der Waals surface area contributed by atoms with E-state index < -0.39 is 68.7 Å². The van der Waals surface area contributed by atoms with Crippen LogP contribution in [0.15, 0.2) is 66.7 Å². The maximum Gasteiger partial charge on any atom is 0.408 e. The van der Waals surface area contributed by atoms with Gasteiger partial charge in [0.15, 0.2) is 5.65 Å². The Morgan fingerprint density at radius 1 is 0.934 bits per heavy atom. The van der Waals surface area contributed by atoms with Gasteiger partial charge in [-0.1, -0.05) is 49.3 Å². The van der Waals surface area contributed by atoms with E-state index in [4.69, 9.17) is 24.3 Å². The van der Waals surface area contributed by atoms with Crippen LogP contribution in [0.3, 0.4) is 0 Å². The molecule has 4 aromatic rings. The Labute approximate surface area is 353 Å². The number of aromatic nitrogens is 3. The third kappa shape index (κ3) is 8.36. The molecular weight excluding hydrogens is 803 g/mol. The Morgan fingerprint density at radius 2 is 1.70 bits per heavy atom. The SMILES string of the molecule is COc1ccccc1-c1cc(O[C@@H]2C[C@H]3C(=O)N[C@]4(C(=O)NS(=O)(=O)C5CC5)C[C@H]4/C=C\CCCCC[C@@H](NC(=O)OC4CCCC4)C(=O)N3C2)n2nc3ccccc3c2n1. The Bertz CT molecular complexity index is 2500. The second-order valence-electron chi connectivity index (χ2n) is 16.9. The number of para-hydroxylation sites is 1. The molecule has 2 aromatic carbocycles. The number of hydrogen-bond acceptors (Lipinski definition) is 11. The predicted molar refractivity (Wildman–Crippen MR) is 224 cm³/mol. The van der Waals surface area contributed by atoms with Crippen molar-refractivity contribution in [1.82, 2.24) is 34.9 Å². The lowest BCUT2D eigenvalue weighted by molar-refractivity contribution is -0.141. The summed E-state index contributed by atoms with van der Waals surface area (Å²) in [5.41, 5.74) is 0.962. The van der Waals surface area contributed by atoms with E-state index in [9.17, 15) is 27.6 Å². The zero-order valence-corrected chi connectivity index (χ0v) is 34.9. The van der Waals surface area contributed by atoms with Gasteiger partial charge in [0.2, 0.25) is 27.7 Å². The normalized spacial score (nSPS) is 26.7. The van der Waals surface area contributed by atoms with Crippen molar-refractivity contribution in [2.75, 3.05) is 13.7 Å².